The SMILES string of the molecule is COc1ccccc1C(CNC(=O)CSCc1cccc(C)c1)N(C)C. The van der Waals surface area contributed by atoms with Crippen LogP contribution in [0, 0.1) is 6.92 Å². The molecule has 0 spiro atoms. The van der Waals surface area contributed by atoms with Gasteiger partial charge in [0.25, 0.3) is 0 Å². The van der Waals surface area contributed by atoms with Crippen molar-refractivity contribution in [2.24, 2.45) is 0 Å². The van der Waals surface area contributed by atoms with Crippen molar-refractivity contribution >= 4 is 17.7 Å². The monoisotopic (exact) mass is 372 g/mol. The highest BCUT2D eigenvalue weighted by Gasteiger charge is 2.18. The lowest BCUT2D eigenvalue weighted by Gasteiger charge is -2.26. The number of methoxy groups -OCH3 is 1. The van der Waals surface area contributed by atoms with Gasteiger partial charge in [-0.25, -0.2) is 0 Å². The molecule has 26 heavy (non-hydrogen) atoms. The molecule has 1 amide bonds. The molecule has 1 N–H and O–H groups in total. The number of benzene rings is 2. The zero-order chi connectivity index (χ0) is 18.9. The summed E-state index contributed by atoms with van der Waals surface area (Å²) in [5, 5.41) is 3.05. The standard InChI is InChI=1S/C21H28N2O2S/c1-16-8-7-9-17(12-16)14-26-15-21(24)22-13-19(23(2)3)18-10-5-6-11-20(18)25-4/h5-12,19H,13-15H2,1-4H3,(H,22,24). The summed E-state index contributed by atoms with van der Waals surface area (Å²) in [6.45, 7) is 2.64. The molecule has 4 nitrogen and oxygen atoms in total. The molecular weight excluding hydrogens is 344 g/mol. The van der Waals surface area contributed by atoms with Crippen molar-refractivity contribution < 1.29 is 9.53 Å². The molecule has 140 valence electrons. The maximum absolute atomic E-state index is 12.2. The third-order valence-corrected chi connectivity index (χ3v) is 5.20. The number of carbonyl (C=O) groups is 1. The summed E-state index contributed by atoms with van der Waals surface area (Å²) < 4.78 is 5.46. The Hall–Kier alpha value is -1.98. The molecule has 2 aromatic rings. The number of amides is 1. The van der Waals surface area contributed by atoms with Crippen LogP contribution in [0.2, 0.25) is 0 Å². The number of aryl methyl sites for hydroxylation is 1. The second kappa shape index (κ2) is 10.2. The predicted octanol–water partition coefficient (Wildman–Crippen LogP) is 3.66. The van der Waals surface area contributed by atoms with Gasteiger partial charge in [0.05, 0.1) is 18.9 Å². The predicted molar refractivity (Wildman–Crippen MR) is 110 cm³/mol. The number of rotatable bonds is 9. The van der Waals surface area contributed by atoms with Gasteiger partial charge in [-0.3, -0.25) is 4.79 Å². The molecule has 1 unspecified atom stereocenters. The van der Waals surface area contributed by atoms with Crippen LogP contribution in [0.15, 0.2) is 48.5 Å². The van der Waals surface area contributed by atoms with E-state index in [0.29, 0.717) is 12.3 Å². The van der Waals surface area contributed by atoms with Crippen LogP contribution in [-0.4, -0.2) is 44.3 Å². The molecule has 0 saturated heterocycles. The summed E-state index contributed by atoms with van der Waals surface area (Å²) in [5.74, 6) is 2.21. The van der Waals surface area contributed by atoms with Gasteiger partial charge in [0, 0.05) is 17.9 Å². The third kappa shape index (κ3) is 6.07. The first kappa shape index (κ1) is 20.3. The van der Waals surface area contributed by atoms with E-state index >= 15 is 0 Å². The molecule has 0 aliphatic heterocycles. The molecule has 0 fully saturated rings. The van der Waals surface area contributed by atoms with Crippen molar-refractivity contribution in [3.63, 3.8) is 0 Å². The highest BCUT2D eigenvalue weighted by atomic mass is 32.2. The zero-order valence-electron chi connectivity index (χ0n) is 16.0. The fourth-order valence-electron chi connectivity index (χ4n) is 2.84. The molecule has 0 radical (unpaired) electrons. The highest BCUT2D eigenvalue weighted by Crippen LogP contribution is 2.27. The number of likely N-dealkylation sites (N-methyl/N-ethyl adjacent to an activating group) is 1. The maximum Gasteiger partial charge on any atom is 0.230 e. The molecule has 5 heteroatoms. The maximum atomic E-state index is 12.2. The van der Waals surface area contributed by atoms with E-state index < -0.39 is 0 Å². The van der Waals surface area contributed by atoms with E-state index in [9.17, 15) is 4.79 Å². The van der Waals surface area contributed by atoms with E-state index in [2.05, 4.69) is 41.4 Å². The lowest BCUT2D eigenvalue weighted by Crippen LogP contribution is -2.35. The van der Waals surface area contributed by atoms with Crippen molar-refractivity contribution in [1.82, 2.24) is 10.2 Å². The Bertz CT molecular complexity index is 719. The van der Waals surface area contributed by atoms with Crippen LogP contribution in [0.3, 0.4) is 0 Å². The number of carbonyl (C=O) groups excluding carboxylic acids is 1. The molecule has 2 aromatic carbocycles. The van der Waals surface area contributed by atoms with Gasteiger partial charge in [-0.2, -0.15) is 0 Å². The average Bonchev–Trinajstić information content (AvgIpc) is 2.62. The summed E-state index contributed by atoms with van der Waals surface area (Å²) in [7, 11) is 5.69. The van der Waals surface area contributed by atoms with Crippen molar-refractivity contribution in [1.29, 1.82) is 0 Å². The van der Waals surface area contributed by atoms with Crippen LogP contribution < -0.4 is 10.1 Å². The van der Waals surface area contributed by atoms with E-state index in [0.717, 1.165) is 17.1 Å². The average molecular weight is 373 g/mol. The largest absolute Gasteiger partial charge is 0.496 e. The molecule has 2 rings (SSSR count). The van der Waals surface area contributed by atoms with Crippen molar-refractivity contribution in [2.75, 3.05) is 33.5 Å². The van der Waals surface area contributed by atoms with Gasteiger partial charge in [-0.15, -0.1) is 11.8 Å². The Morgan fingerprint density at radius 2 is 1.96 bits per heavy atom. The van der Waals surface area contributed by atoms with Gasteiger partial charge in [-0.05, 0) is 32.6 Å². The molecule has 0 heterocycles. The molecular formula is C21H28N2O2S. The summed E-state index contributed by atoms with van der Waals surface area (Å²) in [5.41, 5.74) is 3.58. The van der Waals surface area contributed by atoms with Crippen LogP contribution in [0.5, 0.6) is 5.75 Å². The first-order valence-corrected chi connectivity index (χ1v) is 9.86. The second-order valence-corrected chi connectivity index (χ2v) is 7.49. The van der Waals surface area contributed by atoms with E-state index in [4.69, 9.17) is 4.74 Å². The van der Waals surface area contributed by atoms with Gasteiger partial charge >= 0.3 is 0 Å². The van der Waals surface area contributed by atoms with Gasteiger partial charge in [0.1, 0.15) is 5.75 Å². The van der Waals surface area contributed by atoms with Crippen molar-refractivity contribution in [2.45, 2.75) is 18.7 Å². The minimum atomic E-state index is 0.0596. The third-order valence-electron chi connectivity index (χ3n) is 4.20. The van der Waals surface area contributed by atoms with Gasteiger partial charge < -0.3 is 15.0 Å². The topological polar surface area (TPSA) is 41.6 Å². The normalized spacial score (nSPS) is 12.0. The summed E-state index contributed by atoms with van der Waals surface area (Å²) in [4.78, 5) is 14.3. The fourth-order valence-corrected chi connectivity index (χ4v) is 3.64. The molecule has 0 aliphatic carbocycles. The lowest BCUT2D eigenvalue weighted by atomic mass is 10.0. The number of hydrogen-bond donors (Lipinski definition) is 1. The first-order chi connectivity index (χ1) is 12.5. The van der Waals surface area contributed by atoms with Gasteiger partial charge in [0.2, 0.25) is 5.91 Å². The van der Waals surface area contributed by atoms with Crippen molar-refractivity contribution in [3.8, 4) is 5.75 Å². The summed E-state index contributed by atoms with van der Waals surface area (Å²) >= 11 is 1.64. The minimum Gasteiger partial charge on any atom is -0.496 e. The second-order valence-electron chi connectivity index (χ2n) is 6.51. The van der Waals surface area contributed by atoms with Crippen LogP contribution in [0.25, 0.3) is 0 Å². The number of hydrogen-bond acceptors (Lipinski definition) is 4. The summed E-state index contributed by atoms with van der Waals surface area (Å²) in [6, 6.07) is 16.4. The Kier molecular flexibility index (Phi) is 8.01. The minimum absolute atomic E-state index is 0.0596. The van der Waals surface area contributed by atoms with Crippen molar-refractivity contribution in [3.05, 3.63) is 65.2 Å². The van der Waals surface area contributed by atoms with Crippen LogP contribution in [-0.2, 0) is 10.5 Å². The smallest absolute Gasteiger partial charge is 0.230 e. The Morgan fingerprint density at radius 3 is 2.65 bits per heavy atom. The van der Waals surface area contributed by atoms with E-state index in [-0.39, 0.29) is 11.9 Å². The lowest BCUT2D eigenvalue weighted by molar-refractivity contribution is -0.118. The Balaban J connectivity index is 1.85. The number of nitrogens with zero attached hydrogens (tertiary/aromatic N) is 1. The van der Waals surface area contributed by atoms with E-state index in [1.165, 1.54) is 11.1 Å². The quantitative estimate of drug-likeness (QED) is 0.729. The number of nitrogens with one attached hydrogen (secondary N) is 1. The Labute approximate surface area is 160 Å². The highest BCUT2D eigenvalue weighted by molar-refractivity contribution is 7.99. The number of ether oxygens (including phenoxy) is 1. The van der Waals surface area contributed by atoms with Crippen LogP contribution >= 0.6 is 11.8 Å². The number of para-hydroxylation sites is 1. The zero-order valence-corrected chi connectivity index (χ0v) is 16.8. The molecule has 0 aromatic heterocycles. The molecule has 0 aliphatic rings. The van der Waals surface area contributed by atoms with E-state index in [1.54, 1.807) is 18.9 Å². The van der Waals surface area contributed by atoms with Gasteiger partial charge in [0.15, 0.2) is 0 Å². The number of thioether (sulfide) groups is 1. The fraction of sp³-hybridized carbons (Fsp3) is 0.381. The first-order valence-electron chi connectivity index (χ1n) is 8.70. The molecule has 0 bridgehead atoms. The van der Waals surface area contributed by atoms with E-state index in [1.807, 2.05) is 38.4 Å². The van der Waals surface area contributed by atoms with Crippen LogP contribution in [0.1, 0.15) is 22.7 Å². The molecule has 1 atom stereocenters. The summed E-state index contributed by atoms with van der Waals surface area (Å²) in [6.07, 6.45) is 0. The van der Waals surface area contributed by atoms with Crippen LogP contribution in [0.4, 0.5) is 0 Å². The van der Waals surface area contributed by atoms with Gasteiger partial charge in [-0.1, -0.05) is 48.0 Å². The molecule has 0 saturated carbocycles. The Morgan fingerprint density at radius 1 is 1.19 bits per heavy atom.